The summed E-state index contributed by atoms with van der Waals surface area (Å²) in [7, 11) is 0. The molecule has 1 nitrogen and oxygen atoms in total. The van der Waals surface area contributed by atoms with Gasteiger partial charge >= 0.3 is 0 Å². The molecule has 0 saturated heterocycles. The Morgan fingerprint density at radius 1 is 0.444 bits per heavy atom. The molecule has 3 aliphatic rings. The summed E-state index contributed by atoms with van der Waals surface area (Å²) < 4.78 is 6.45. The van der Waals surface area contributed by atoms with E-state index in [4.69, 9.17) is 4.74 Å². The van der Waals surface area contributed by atoms with Crippen molar-refractivity contribution in [2.75, 3.05) is 0 Å². The molecule has 212 valence electrons. The summed E-state index contributed by atoms with van der Waals surface area (Å²) in [6, 6.07) is 53.9. The van der Waals surface area contributed by atoms with Crippen molar-refractivity contribution in [3.05, 3.63) is 179 Å². The molecular weight excluding hydrogens is 544 g/mol. The number of para-hydroxylation sites is 1. The monoisotopic (exact) mass is 574 g/mol. The highest BCUT2D eigenvalue weighted by Crippen LogP contribution is 2.65. The largest absolute Gasteiger partial charge is 0.457 e. The van der Waals surface area contributed by atoms with E-state index in [1.165, 1.54) is 77.5 Å². The Labute approximate surface area is 263 Å². The lowest BCUT2D eigenvalue weighted by atomic mass is 9.69. The van der Waals surface area contributed by atoms with E-state index >= 15 is 0 Å². The van der Waals surface area contributed by atoms with Crippen LogP contribution in [-0.4, -0.2) is 0 Å². The highest BCUT2D eigenvalue weighted by Gasteiger charge is 2.52. The Balaban J connectivity index is 1.29. The van der Waals surface area contributed by atoms with Gasteiger partial charge in [0, 0.05) is 16.5 Å². The van der Waals surface area contributed by atoms with E-state index in [2.05, 4.69) is 159 Å². The van der Waals surface area contributed by atoms with E-state index in [1.54, 1.807) is 0 Å². The first-order chi connectivity index (χ1) is 22.1. The van der Waals surface area contributed by atoms with Crippen LogP contribution in [0.5, 0.6) is 11.5 Å². The zero-order valence-corrected chi connectivity index (χ0v) is 25.3. The minimum atomic E-state index is -0.399. The van der Waals surface area contributed by atoms with Crippen LogP contribution in [0, 0.1) is 0 Å². The molecule has 7 aromatic rings. The molecule has 0 amide bonds. The fourth-order valence-corrected chi connectivity index (χ4v) is 8.82. The van der Waals surface area contributed by atoms with E-state index in [-0.39, 0.29) is 5.41 Å². The standard InChI is InChI=1S/C44H30O/c1-43(2)36-19-9-10-21-39(36)45-40-25-23-28(26-38(40)43)29-16-11-20-37-41(29)33-15-6-8-18-35(33)44(37)34-17-7-5-14-31(34)32-24-22-27-12-3-4-13-30(27)42(32)44/h3-26H,1-2H3. The Kier molecular flexibility index (Phi) is 4.78. The third-order valence-electron chi connectivity index (χ3n) is 10.7. The molecule has 0 aromatic heterocycles. The average molecular weight is 575 g/mol. The Hall–Kier alpha value is -5.40. The number of ether oxygens (including phenoxy) is 1. The van der Waals surface area contributed by atoms with Crippen LogP contribution in [0.4, 0.5) is 0 Å². The molecule has 0 bridgehead atoms. The Morgan fingerprint density at radius 3 is 1.96 bits per heavy atom. The van der Waals surface area contributed by atoms with Crippen molar-refractivity contribution in [2.24, 2.45) is 0 Å². The van der Waals surface area contributed by atoms with Gasteiger partial charge < -0.3 is 4.74 Å². The smallest absolute Gasteiger partial charge is 0.131 e. The minimum absolute atomic E-state index is 0.181. The normalized spacial score (nSPS) is 17.6. The van der Waals surface area contributed by atoms with Gasteiger partial charge in [0.1, 0.15) is 11.5 Å². The van der Waals surface area contributed by atoms with Crippen molar-refractivity contribution in [2.45, 2.75) is 24.7 Å². The minimum Gasteiger partial charge on any atom is -0.457 e. The van der Waals surface area contributed by atoms with Gasteiger partial charge in [-0.1, -0.05) is 141 Å². The summed E-state index contributed by atoms with van der Waals surface area (Å²) in [5.41, 5.74) is 15.2. The van der Waals surface area contributed by atoms with E-state index in [0.717, 1.165) is 11.5 Å². The van der Waals surface area contributed by atoms with Gasteiger partial charge in [0.05, 0.1) is 5.41 Å². The van der Waals surface area contributed by atoms with Crippen LogP contribution in [0.1, 0.15) is 47.2 Å². The molecule has 1 atom stereocenters. The lowest BCUT2D eigenvalue weighted by molar-refractivity contribution is 0.418. The third-order valence-corrected chi connectivity index (χ3v) is 10.7. The van der Waals surface area contributed by atoms with Crippen LogP contribution in [0.3, 0.4) is 0 Å². The molecule has 1 aliphatic heterocycles. The van der Waals surface area contributed by atoms with Gasteiger partial charge in [-0.25, -0.2) is 0 Å². The SMILES string of the molecule is CC1(C)c2ccccc2Oc2ccc(-c3cccc4c3-c3ccccc3C43c4ccccc4-c4ccc5ccccc5c43)cc21. The van der Waals surface area contributed by atoms with Crippen molar-refractivity contribution in [1.29, 1.82) is 0 Å². The maximum absolute atomic E-state index is 6.45. The molecule has 1 unspecified atom stereocenters. The predicted molar refractivity (Wildman–Crippen MR) is 184 cm³/mol. The number of fused-ring (bicyclic) bond motifs is 14. The highest BCUT2D eigenvalue weighted by molar-refractivity contribution is 6.05. The van der Waals surface area contributed by atoms with E-state index in [1.807, 2.05) is 0 Å². The molecule has 10 rings (SSSR count). The van der Waals surface area contributed by atoms with E-state index < -0.39 is 5.41 Å². The number of benzene rings is 7. The maximum Gasteiger partial charge on any atom is 0.131 e. The van der Waals surface area contributed by atoms with Crippen LogP contribution >= 0.6 is 0 Å². The van der Waals surface area contributed by atoms with Gasteiger partial charge in [0.2, 0.25) is 0 Å². The number of hydrogen-bond acceptors (Lipinski definition) is 1. The molecule has 0 saturated carbocycles. The van der Waals surface area contributed by atoms with Crippen molar-refractivity contribution >= 4 is 10.8 Å². The van der Waals surface area contributed by atoms with Crippen LogP contribution in [0.25, 0.3) is 44.2 Å². The van der Waals surface area contributed by atoms with Crippen molar-refractivity contribution < 1.29 is 4.74 Å². The van der Waals surface area contributed by atoms with Gasteiger partial charge in [-0.05, 0) is 84.6 Å². The second kappa shape index (κ2) is 8.61. The van der Waals surface area contributed by atoms with Gasteiger partial charge in [-0.3, -0.25) is 0 Å². The molecule has 0 N–H and O–H groups in total. The fraction of sp³-hybridized carbons (Fsp3) is 0.0909. The second-order valence-corrected chi connectivity index (χ2v) is 13.2. The van der Waals surface area contributed by atoms with Gasteiger partial charge in [-0.2, -0.15) is 0 Å². The summed E-state index contributed by atoms with van der Waals surface area (Å²) in [5, 5.41) is 2.60. The average Bonchev–Trinajstić information content (AvgIpc) is 3.56. The topological polar surface area (TPSA) is 9.23 Å². The van der Waals surface area contributed by atoms with Crippen molar-refractivity contribution in [3.63, 3.8) is 0 Å². The predicted octanol–water partition coefficient (Wildman–Crippen LogP) is 11.3. The first kappa shape index (κ1) is 25.0. The van der Waals surface area contributed by atoms with Gasteiger partial charge in [0.25, 0.3) is 0 Å². The maximum atomic E-state index is 6.45. The molecule has 0 fully saturated rings. The van der Waals surface area contributed by atoms with Crippen molar-refractivity contribution in [3.8, 4) is 44.9 Å². The van der Waals surface area contributed by atoms with Crippen LogP contribution < -0.4 is 4.74 Å². The highest BCUT2D eigenvalue weighted by atomic mass is 16.5. The molecule has 7 aromatic carbocycles. The van der Waals surface area contributed by atoms with Crippen LogP contribution in [0.15, 0.2) is 146 Å². The summed E-state index contributed by atoms with van der Waals surface area (Å²) >= 11 is 0. The molecule has 1 heteroatoms. The number of rotatable bonds is 1. The Bertz CT molecular complexity index is 2390. The molecule has 1 spiro atoms. The van der Waals surface area contributed by atoms with Gasteiger partial charge in [0.15, 0.2) is 0 Å². The quantitative estimate of drug-likeness (QED) is 0.189. The fourth-order valence-electron chi connectivity index (χ4n) is 8.82. The molecular formula is C44H30O. The zero-order valence-electron chi connectivity index (χ0n) is 25.3. The lowest BCUT2D eigenvalue weighted by Gasteiger charge is -2.35. The van der Waals surface area contributed by atoms with Crippen LogP contribution in [-0.2, 0) is 10.8 Å². The summed E-state index contributed by atoms with van der Waals surface area (Å²) in [6.45, 7) is 4.63. The van der Waals surface area contributed by atoms with Crippen LogP contribution in [0.2, 0.25) is 0 Å². The number of hydrogen-bond donors (Lipinski definition) is 0. The summed E-state index contributed by atoms with van der Waals surface area (Å²) in [6.07, 6.45) is 0. The molecule has 0 radical (unpaired) electrons. The van der Waals surface area contributed by atoms with Crippen molar-refractivity contribution in [1.82, 2.24) is 0 Å². The zero-order chi connectivity index (χ0) is 29.9. The molecule has 1 heterocycles. The Morgan fingerprint density at radius 2 is 1.09 bits per heavy atom. The summed E-state index contributed by atoms with van der Waals surface area (Å²) in [4.78, 5) is 0. The molecule has 2 aliphatic carbocycles. The first-order valence-corrected chi connectivity index (χ1v) is 15.9. The lowest BCUT2D eigenvalue weighted by Crippen LogP contribution is -2.26. The molecule has 45 heavy (non-hydrogen) atoms. The van der Waals surface area contributed by atoms with E-state index in [9.17, 15) is 0 Å². The third kappa shape index (κ3) is 3.03. The first-order valence-electron chi connectivity index (χ1n) is 15.9. The second-order valence-electron chi connectivity index (χ2n) is 13.2. The van der Waals surface area contributed by atoms with E-state index in [0.29, 0.717) is 0 Å². The summed E-state index contributed by atoms with van der Waals surface area (Å²) in [5.74, 6) is 1.89. The van der Waals surface area contributed by atoms with Gasteiger partial charge in [-0.15, -0.1) is 0 Å².